The molecule has 0 aliphatic carbocycles. The van der Waals surface area contributed by atoms with E-state index in [0.29, 0.717) is 30.0 Å². The van der Waals surface area contributed by atoms with Crippen molar-refractivity contribution < 1.29 is 19.5 Å². The zero-order valence-electron chi connectivity index (χ0n) is 11.2. The van der Waals surface area contributed by atoms with Crippen molar-refractivity contribution in [1.82, 2.24) is 4.90 Å². The zero-order valence-corrected chi connectivity index (χ0v) is 12.0. The van der Waals surface area contributed by atoms with Crippen LogP contribution in [0.25, 0.3) is 0 Å². The highest BCUT2D eigenvalue weighted by atomic mass is 32.2. The van der Waals surface area contributed by atoms with E-state index < -0.39 is 11.9 Å². The Bertz CT molecular complexity index is 631. The van der Waals surface area contributed by atoms with Crippen LogP contribution in [-0.2, 0) is 9.59 Å². The monoisotopic (exact) mass is 306 g/mol. The molecule has 110 valence electrons. The molecular formula is C14H14N2O4S. The van der Waals surface area contributed by atoms with Gasteiger partial charge >= 0.3 is 5.97 Å². The van der Waals surface area contributed by atoms with Crippen molar-refractivity contribution in [3.05, 3.63) is 23.8 Å². The Kier molecular flexibility index (Phi) is 3.59. The fourth-order valence-electron chi connectivity index (χ4n) is 2.55. The quantitative estimate of drug-likeness (QED) is 0.859. The predicted molar refractivity (Wildman–Crippen MR) is 77.4 cm³/mol. The molecule has 2 N–H and O–H groups in total. The molecule has 2 aliphatic rings. The van der Waals surface area contributed by atoms with Crippen molar-refractivity contribution in [2.24, 2.45) is 5.92 Å². The van der Waals surface area contributed by atoms with E-state index >= 15 is 0 Å². The number of carboxylic acid groups (broad SMARTS) is 1. The Morgan fingerprint density at radius 3 is 2.90 bits per heavy atom. The molecule has 21 heavy (non-hydrogen) atoms. The molecular weight excluding hydrogens is 292 g/mol. The zero-order chi connectivity index (χ0) is 15.0. The number of benzene rings is 1. The van der Waals surface area contributed by atoms with Crippen molar-refractivity contribution in [3.63, 3.8) is 0 Å². The number of likely N-dealkylation sites (tertiary alicyclic amines) is 1. The number of aliphatic carboxylic acids is 1. The van der Waals surface area contributed by atoms with Crippen molar-refractivity contribution in [2.75, 3.05) is 24.2 Å². The fourth-order valence-corrected chi connectivity index (χ4v) is 3.33. The predicted octanol–water partition coefficient (Wildman–Crippen LogP) is 1.28. The maximum absolute atomic E-state index is 12.4. The van der Waals surface area contributed by atoms with Gasteiger partial charge in [-0.2, -0.15) is 0 Å². The second-order valence-corrected chi connectivity index (χ2v) is 6.14. The molecule has 1 unspecified atom stereocenters. The van der Waals surface area contributed by atoms with Gasteiger partial charge in [-0.3, -0.25) is 14.4 Å². The summed E-state index contributed by atoms with van der Waals surface area (Å²) in [7, 11) is 0. The Balaban J connectivity index is 1.78. The standard InChI is InChI=1S/C14H14N2O4S/c17-12-7-21-11-2-1-8(5-10(11)15-12)13(18)16-4-3-9(6-16)14(19)20/h1-2,5,9H,3-4,6-7H2,(H,15,17)(H,19,20). The van der Waals surface area contributed by atoms with Crippen LogP contribution in [0.2, 0.25) is 0 Å². The number of carboxylic acids is 1. The van der Waals surface area contributed by atoms with Crippen LogP contribution in [-0.4, -0.2) is 46.6 Å². The van der Waals surface area contributed by atoms with Gasteiger partial charge in [0.25, 0.3) is 5.91 Å². The Morgan fingerprint density at radius 2 is 2.19 bits per heavy atom. The number of amides is 2. The Hall–Kier alpha value is -2.02. The van der Waals surface area contributed by atoms with Crippen LogP contribution >= 0.6 is 11.8 Å². The summed E-state index contributed by atoms with van der Waals surface area (Å²) in [5.41, 5.74) is 1.12. The lowest BCUT2D eigenvalue weighted by molar-refractivity contribution is -0.141. The lowest BCUT2D eigenvalue weighted by atomic mass is 10.1. The molecule has 0 spiro atoms. The van der Waals surface area contributed by atoms with Gasteiger partial charge in [0.15, 0.2) is 0 Å². The van der Waals surface area contributed by atoms with Crippen LogP contribution in [0.15, 0.2) is 23.1 Å². The molecule has 1 aromatic rings. The van der Waals surface area contributed by atoms with E-state index in [1.165, 1.54) is 11.8 Å². The molecule has 2 aliphatic heterocycles. The van der Waals surface area contributed by atoms with Gasteiger partial charge in [-0.1, -0.05) is 0 Å². The topological polar surface area (TPSA) is 86.7 Å². The van der Waals surface area contributed by atoms with Crippen LogP contribution in [0.1, 0.15) is 16.8 Å². The smallest absolute Gasteiger partial charge is 0.308 e. The SMILES string of the molecule is O=C1CSc2ccc(C(=O)N3CCC(C(=O)O)C3)cc2N1. The van der Waals surface area contributed by atoms with Gasteiger partial charge in [-0.25, -0.2) is 0 Å². The molecule has 0 saturated carbocycles. The molecule has 1 fully saturated rings. The Morgan fingerprint density at radius 1 is 1.38 bits per heavy atom. The first-order valence-corrected chi connectivity index (χ1v) is 7.62. The second kappa shape index (κ2) is 5.40. The Labute approximate surface area is 125 Å². The van der Waals surface area contributed by atoms with Crippen LogP contribution in [0.3, 0.4) is 0 Å². The van der Waals surface area contributed by atoms with E-state index in [2.05, 4.69) is 5.32 Å². The number of nitrogens with one attached hydrogen (secondary N) is 1. The molecule has 3 rings (SSSR count). The van der Waals surface area contributed by atoms with Crippen molar-refractivity contribution >= 4 is 35.2 Å². The average molecular weight is 306 g/mol. The number of hydrogen-bond donors (Lipinski definition) is 2. The normalized spacial score (nSPS) is 20.9. The number of carbonyl (C=O) groups excluding carboxylic acids is 2. The van der Waals surface area contributed by atoms with Gasteiger partial charge in [0.1, 0.15) is 0 Å². The number of thioether (sulfide) groups is 1. The molecule has 0 radical (unpaired) electrons. The summed E-state index contributed by atoms with van der Waals surface area (Å²) in [5.74, 6) is -1.23. The minimum Gasteiger partial charge on any atom is -0.481 e. The first-order valence-electron chi connectivity index (χ1n) is 6.63. The van der Waals surface area contributed by atoms with Gasteiger partial charge in [0, 0.05) is 23.5 Å². The summed E-state index contributed by atoms with van der Waals surface area (Å²) in [6.07, 6.45) is 0.485. The highest BCUT2D eigenvalue weighted by molar-refractivity contribution is 8.00. The molecule has 7 heteroatoms. The second-order valence-electron chi connectivity index (χ2n) is 5.12. The van der Waals surface area contributed by atoms with Crippen LogP contribution in [0.4, 0.5) is 5.69 Å². The van der Waals surface area contributed by atoms with E-state index in [0.717, 1.165) is 4.90 Å². The maximum atomic E-state index is 12.4. The summed E-state index contributed by atoms with van der Waals surface area (Å²) in [5, 5.41) is 11.7. The number of nitrogens with zero attached hydrogens (tertiary/aromatic N) is 1. The fraction of sp³-hybridized carbons (Fsp3) is 0.357. The van der Waals surface area contributed by atoms with Gasteiger partial charge in [-0.05, 0) is 24.6 Å². The third-order valence-electron chi connectivity index (χ3n) is 3.68. The largest absolute Gasteiger partial charge is 0.481 e. The molecule has 2 amide bonds. The summed E-state index contributed by atoms with van der Waals surface area (Å²) >= 11 is 1.44. The molecule has 0 bridgehead atoms. The maximum Gasteiger partial charge on any atom is 0.308 e. The van der Waals surface area contributed by atoms with Crippen LogP contribution in [0.5, 0.6) is 0 Å². The summed E-state index contributed by atoms with van der Waals surface area (Å²) in [4.78, 5) is 37.2. The summed E-state index contributed by atoms with van der Waals surface area (Å²) in [6, 6.07) is 5.20. The molecule has 2 heterocycles. The highest BCUT2D eigenvalue weighted by Crippen LogP contribution is 2.32. The number of fused-ring (bicyclic) bond motifs is 1. The molecule has 1 aromatic carbocycles. The lowest BCUT2D eigenvalue weighted by Crippen LogP contribution is -2.30. The van der Waals surface area contributed by atoms with Gasteiger partial charge in [-0.15, -0.1) is 11.8 Å². The van der Waals surface area contributed by atoms with Gasteiger partial charge < -0.3 is 15.3 Å². The van der Waals surface area contributed by atoms with Crippen LogP contribution < -0.4 is 5.32 Å². The van der Waals surface area contributed by atoms with E-state index in [1.807, 2.05) is 6.07 Å². The van der Waals surface area contributed by atoms with Crippen molar-refractivity contribution in [2.45, 2.75) is 11.3 Å². The minimum atomic E-state index is -0.862. The van der Waals surface area contributed by atoms with E-state index in [4.69, 9.17) is 5.11 Å². The van der Waals surface area contributed by atoms with E-state index in [1.54, 1.807) is 17.0 Å². The molecule has 0 aromatic heterocycles. The van der Waals surface area contributed by atoms with Crippen molar-refractivity contribution in [1.29, 1.82) is 0 Å². The van der Waals surface area contributed by atoms with E-state index in [-0.39, 0.29) is 18.4 Å². The summed E-state index contributed by atoms with van der Waals surface area (Å²) in [6.45, 7) is 0.695. The lowest BCUT2D eigenvalue weighted by Gasteiger charge is -2.19. The highest BCUT2D eigenvalue weighted by Gasteiger charge is 2.31. The van der Waals surface area contributed by atoms with Gasteiger partial charge in [0.2, 0.25) is 5.91 Å². The molecule has 1 saturated heterocycles. The number of carbonyl (C=O) groups is 3. The number of hydrogen-bond acceptors (Lipinski definition) is 4. The average Bonchev–Trinajstić information content (AvgIpc) is 2.95. The molecule has 6 nitrogen and oxygen atoms in total. The molecule has 1 atom stereocenters. The third-order valence-corrected chi connectivity index (χ3v) is 4.76. The van der Waals surface area contributed by atoms with Crippen molar-refractivity contribution in [3.8, 4) is 0 Å². The van der Waals surface area contributed by atoms with Gasteiger partial charge in [0.05, 0.1) is 17.4 Å². The third kappa shape index (κ3) is 2.73. The van der Waals surface area contributed by atoms with E-state index in [9.17, 15) is 14.4 Å². The summed E-state index contributed by atoms with van der Waals surface area (Å²) < 4.78 is 0. The minimum absolute atomic E-state index is 0.0794. The van der Waals surface area contributed by atoms with Crippen LogP contribution in [0, 0.1) is 5.92 Å². The first-order chi connectivity index (χ1) is 10.0. The first kappa shape index (κ1) is 13.9. The number of anilines is 1. The number of rotatable bonds is 2.